The van der Waals surface area contributed by atoms with Crippen molar-refractivity contribution >= 4 is 23.6 Å². The first kappa shape index (κ1) is 43.9. The van der Waals surface area contributed by atoms with Crippen LogP contribution in [-0.2, 0) is 22.7 Å². The zero-order valence-corrected chi connectivity index (χ0v) is 34.3. The number of benzene rings is 2. The van der Waals surface area contributed by atoms with Crippen LogP contribution in [0, 0.1) is 0 Å². The van der Waals surface area contributed by atoms with Gasteiger partial charge in [-0.1, -0.05) is 43.5 Å². The van der Waals surface area contributed by atoms with E-state index in [-0.39, 0.29) is 32.7 Å². The van der Waals surface area contributed by atoms with E-state index in [4.69, 9.17) is 9.47 Å². The highest BCUT2D eigenvalue weighted by atomic mass is 19.3. The Bertz CT molecular complexity index is 2420. The van der Waals surface area contributed by atoms with Crippen LogP contribution in [0.1, 0.15) is 80.7 Å². The molecule has 0 radical (unpaired) electrons. The van der Waals surface area contributed by atoms with E-state index in [0.29, 0.717) is 81.5 Å². The SMILES string of the molecule is O=CC1(CN[C@H]2CCCC(c3ccc4c(c3)OC(C(=O)N[C@H]3CCCC[C@@H]3O)CN4Cc3ccn(C(F)F)c(=O)c3)[C@@H]2O)CN(Cc2ccc(=O)n(C(F)F)c2)c2ccccc2O1. The van der Waals surface area contributed by atoms with Gasteiger partial charge in [0.1, 0.15) is 11.5 Å². The third-order valence-corrected chi connectivity index (χ3v) is 12.6. The summed E-state index contributed by atoms with van der Waals surface area (Å²) < 4.78 is 67.2. The molecule has 0 bridgehead atoms. The average molecular weight is 879 g/mol. The number of hydrogen-bond donors (Lipinski definition) is 4. The Balaban J connectivity index is 1.01. The van der Waals surface area contributed by atoms with Crippen molar-refractivity contribution in [3.05, 3.63) is 117 Å². The first-order valence-corrected chi connectivity index (χ1v) is 21.2. The van der Waals surface area contributed by atoms with Crippen molar-refractivity contribution in [1.82, 2.24) is 19.8 Å². The number of carbonyl (C=O) groups is 2. The molecule has 2 aromatic heterocycles. The lowest BCUT2D eigenvalue weighted by Crippen LogP contribution is -2.60. The van der Waals surface area contributed by atoms with Gasteiger partial charge in [-0.3, -0.25) is 28.3 Å². The number of pyridine rings is 2. The van der Waals surface area contributed by atoms with Crippen LogP contribution in [0.5, 0.6) is 11.5 Å². The lowest BCUT2D eigenvalue weighted by molar-refractivity contribution is -0.130. The molecule has 4 aromatic rings. The van der Waals surface area contributed by atoms with Gasteiger partial charge in [0.05, 0.1) is 42.7 Å². The third-order valence-electron chi connectivity index (χ3n) is 12.6. The number of para-hydroxylation sites is 2. The minimum absolute atomic E-state index is 0.00291. The number of nitrogens with one attached hydrogen (secondary N) is 2. The van der Waals surface area contributed by atoms with Gasteiger partial charge in [-0.05, 0) is 72.7 Å². The maximum atomic E-state index is 13.7. The van der Waals surface area contributed by atoms with E-state index < -0.39 is 72.0 Å². The fourth-order valence-corrected chi connectivity index (χ4v) is 9.34. The highest BCUT2D eigenvalue weighted by Crippen LogP contribution is 2.42. The van der Waals surface area contributed by atoms with Crippen LogP contribution < -0.4 is 41.0 Å². The molecule has 7 atom stereocenters. The summed E-state index contributed by atoms with van der Waals surface area (Å²) in [4.78, 5) is 54.9. The van der Waals surface area contributed by atoms with Crippen LogP contribution in [0.2, 0.25) is 0 Å². The number of anilines is 2. The predicted molar refractivity (Wildman–Crippen MR) is 224 cm³/mol. The minimum Gasteiger partial charge on any atom is -0.477 e. The summed E-state index contributed by atoms with van der Waals surface area (Å²) in [6, 6.07) is 16.7. The lowest BCUT2D eigenvalue weighted by Gasteiger charge is -2.43. The van der Waals surface area contributed by atoms with Gasteiger partial charge in [0, 0.05) is 56.1 Å². The molecule has 4 N–H and O–H groups in total. The van der Waals surface area contributed by atoms with Crippen LogP contribution in [0.25, 0.3) is 0 Å². The minimum atomic E-state index is -3.02. The van der Waals surface area contributed by atoms with E-state index in [2.05, 4.69) is 10.6 Å². The smallest absolute Gasteiger partial charge is 0.321 e. The number of aliphatic hydroxyl groups is 2. The zero-order chi connectivity index (χ0) is 44.4. The molecule has 14 nitrogen and oxygen atoms in total. The van der Waals surface area contributed by atoms with E-state index in [0.717, 1.165) is 42.9 Å². The van der Waals surface area contributed by atoms with Crippen molar-refractivity contribution in [1.29, 1.82) is 0 Å². The molecule has 336 valence electrons. The second-order valence-corrected chi connectivity index (χ2v) is 16.9. The van der Waals surface area contributed by atoms with Gasteiger partial charge in [0.2, 0.25) is 0 Å². The quantitative estimate of drug-likeness (QED) is 0.109. The number of amides is 1. The number of ether oxygens (including phenoxy) is 2. The zero-order valence-electron chi connectivity index (χ0n) is 34.3. The monoisotopic (exact) mass is 878 g/mol. The summed E-state index contributed by atoms with van der Waals surface area (Å²) in [5, 5.41) is 28.9. The van der Waals surface area contributed by atoms with Gasteiger partial charge in [-0.2, -0.15) is 17.6 Å². The molecule has 18 heteroatoms. The second kappa shape index (κ2) is 18.6. The van der Waals surface area contributed by atoms with Gasteiger partial charge in [-0.15, -0.1) is 0 Å². The first-order valence-electron chi connectivity index (χ1n) is 21.2. The molecule has 1 amide bonds. The molecular weight excluding hydrogens is 829 g/mol. The Hall–Kier alpha value is -5.72. The maximum Gasteiger partial charge on any atom is 0.321 e. The fourth-order valence-electron chi connectivity index (χ4n) is 9.34. The Morgan fingerprint density at radius 1 is 0.810 bits per heavy atom. The van der Waals surface area contributed by atoms with Gasteiger partial charge < -0.3 is 40.1 Å². The fraction of sp³-hybridized carbons (Fsp3) is 0.467. The van der Waals surface area contributed by atoms with Gasteiger partial charge >= 0.3 is 13.1 Å². The summed E-state index contributed by atoms with van der Waals surface area (Å²) in [6.07, 6.45) is 5.00. The van der Waals surface area contributed by atoms with Gasteiger partial charge in [-0.25, -0.2) is 0 Å². The van der Waals surface area contributed by atoms with E-state index in [1.165, 1.54) is 12.1 Å². The van der Waals surface area contributed by atoms with E-state index >= 15 is 0 Å². The Morgan fingerprint density at radius 3 is 2.32 bits per heavy atom. The summed E-state index contributed by atoms with van der Waals surface area (Å²) in [6.45, 7) is -5.70. The number of alkyl halides is 4. The van der Waals surface area contributed by atoms with Crippen molar-refractivity contribution in [3.63, 3.8) is 0 Å². The van der Waals surface area contributed by atoms with Crippen LogP contribution in [0.4, 0.5) is 28.9 Å². The summed E-state index contributed by atoms with van der Waals surface area (Å²) >= 11 is 0. The van der Waals surface area contributed by atoms with E-state index in [1.807, 2.05) is 21.9 Å². The average Bonchev–Trinajstić information content (AvgIpc) is 3.27. The third kappa shape index (κ3) is 9.48. The largest absolute Gasteiger partial charge is 0.477 e. The van der Waals surface area contributed by atoms with Crippen LogP contribution in [0.3, 0.4) is 0 Å². The number of halogens is 4. The molecule has 2 saturated carbocycles. The summed E-state index contributed by atoms with van der Waals surface area (Å²) in [7, 11) is 0. The number of aromatic nitrogens is 2. The van der Waals surface area contributed by atoms with Gasteiger partial charge in [0.25, 0.3) is 17.0 Å². The Morgan fingerprint density at radius 2 is 1.56 bits per heavy atom. The number of aliphatic hydroxyl groups excluding tert-OH is 2. The number of hydrogen-bond acceptors (Lipinski definition) is 11. The van der Waals surface area contributed by atoms with Crippen molar-refractivity contribution in [2.75, 3.05) is 29.4 Å². The maximum absolute atomic E-state index is 13.7. The number of rotatable bonds is 13. The molecule has 8 rings (SSSR count). The summed E-state index contributed by atoms with van der Waals surface area (Å²) in [5.74, 6) is -0.0623. The van der Waals surface area contributed by atoms with Crippen molar-refractivity contribution in [2.24, 2.45) is 0 Å². The van der Waals surface area contributed by atoms with Gasteiger partial charge in [0.15, 0.2) is 18.0 Å². The van der Waals surface area contributed by atoms with Crippen LogP contribution in [-0.4, -0.2) is 87.2 Å². The molecule has 0 spiro atoms. The number of nitrogens with zero attached hydrogens (tertiary/aromatic N) is 4. The number of aldehydes is 1. The highest BCUT2D eigenvalue weighted by Gasteiger charge is 2.43. The molecule has 3 unspecified atom stereocenters. The van der Waals surface area contributed by atoms with Crippen LogP contribution >= 0.6 is 0 Å². The number of carbonyl (C=O) groups excluding carboxylic acids is 2. The van der Waals surface area contributed by atoms with Crippen molar-refractivity contribution in [3.8, 4) is 11.5 Å². The van der Waals surface area contributed by atoms with E-state index in [1.54, 1.807) is 30.3 Å². The van der Waals surface area contributed by atoms with Crippen LogP contribution in [0.15, 0.2) is 88.7 Å². The first-order chi connectivity index (χ1) is 30.3. The topological polar surface area (TPSA) is 168 Å². The standard InChI is InChI=1S/C45H50F4N6O8/c46-43(47)54-17-16-27(18-40(54)59)20-52-23-38(42(61)51-31-7-1-3-10-35(31)57)62-37-19-29(13-14-34(37)52)30-6-5-8-32(41(30)60)50-24-45(26-56)25-53(33-9-2-4-11-36(33)63-45)21-28-12-15-39(58)55(22-28)44(48)49/h2,4,9,11-19,22,26,30-32,35,38,41,43-44,50,57,60H,1,3,5-8,10,20-21,23-25H2,(H,51,61)/t30?,31-,32-,35-,38?,41-,45?/m0/s1. The molecule has 0 saturated heterocycles. The van der Waals surface area contributed by atoms with E-state index in [9.17, 15) is 47.0 Å². The second-order valence-electron chi connectivity index (χ2n) is 16.9. The number of fused-ring (bicyclic) bond motifs is 2. The predicted octanol–water partition coefficient (Wildman–Crippen LogP) is 4.61. The summed E-state index contributed by atoms with van der Waals surface area (Å²) in [5.41, 5.74) is -0.288. The lowest BCUT2D eigenvalue weighted by atomic mass is 9.78. The molecule has 2 fully saturated rings. The molecule has 2 aliphatic carbocycles. The van der Waals surface area contributed by atoms with Crippen molar-refractivity contribution < 1.29 is 46.8 Å². The van der Waals surface area contributed by atoms with Crippen molar-refractivity contribution in [2.45, 2.75) is 113 Å². The Kier molecular flexibility index (Phi) is 12.9. The molecule has 63 heavy (non-hydrogen) atoms. The molecule has 2 aromatic carbocycles. The molecule has 4 heterocycles. The Labute approximate surface area is 360 Å². The molecule has 2 aliphatic heterocycles. The normalized spacial score (nSPS) is 25.8. The highest BCUT2D eigenvalue weighted by molar-refractivity contribution is 5.83. The molecule has 4 aliphatic rings. The molecular formula is C45H50F4N6O8.